The highest BCUT2D eigenvalue weighted by molar-refractivity contribution is 6.76. The first-order valence-electron chi connectivity index (χ1n) is 34.2. The molecule has 8 bridgehead atoms. The summed E-state index contributed by atoms with van der Waals surface area (Å²) in [6.07, 6.45) is 4.93. The van der Waals surface area contributed by atoms with Crippen LogP contribution < -0.4 is 0 Å². The van der Waals surface area contributed by atoms with E-state index in [1.807, 2.05) is 6.08 Å². The van der Waals surface area contributed by atoms with Crippen molar-refractivity contribution in [3.63, 3.8) is 0 Å². The van der Waals surface area contributed by atoms with Crippen molar-refractivity contribution in [3.8, 4) is 0 Å². The number of carbonyl (C=O) groups excluding carboxylic acids is 2. The number of ketones is 2. The van der Waals surface area contributed by atoms with Crippen LogP contribution in [-0.2, 0) is 60.1 Å². The number of fused-ring (bicyclic) bond motifs is 2. The average Bonchev–Trinajstić information content (AvgIpc) is 3.91. The van der Waals surface area contributed by atoms with Gasteiger partial charge in [0, 0.05) is 45.1 Å². The number of ether oxygens (including phenoxy) is 6. The molecule has 0 aromatic carbocycles. The first-order chi connectivity index (χ1) is 40.0. The largest absolute Gasteiger partial charge is 0.414 e. The van der Waals surface area contributed by atoms with E-state index in [2.05, 4.69) is 189 Å². The van der Waals surface area contributed by atoms with Crippen molar-refractivity contribution in [2.45, 2.75) is 370 Å². The van der Waals surface area contributed by atoms with Crippen LogP contribution in [0.1, 0.15) is 188 Å². The summed E-state index contributed by atoms with van der Waals surface area (Å²) < 4.78 is 80.3. The van der Waals surface area contributed by atoms with Gasteiger partial charge in [-0.2, -0.15) is 0 Å². The Morgan fingerprint density at radius 1 is 0.545 bits per heavy atom. The van der Waals surface area contributed by atoms with E-state index in [1.165, 1.54) is 0 Å². The molecular formula is C70H130O13Si5. The molecule has 508 valence electrons. The van der Waals surface area contributed by atoms with Gasteiger partial charge in [-0.05, 0) is 159 Å². The van der Waals surface area contributed by atoms with Crippen LogP contribution >= 0.6 is 0 Å². The van der Waals surface area contributed by atoms with Crippen LogP contribution in [0, 0.1) is 11.8 Å². The van der Waals surface area contributed by atoms with E-state index < -0.39 is 84.3 Å². The predicted molar refractivity (Wildman–Crippen MR) is 371 cm³/mol. The summed E-state index contributed by atoms with van der Waals surface area (Å²) in [6.45, 7) is 68.9. The minimum absolute atomic E-state index is 0.0171. The molecule has 8 aliphatic heterocycles. The lowest BCUT2D eigenvalue weighted by atomic mass is 9.81. The van der Waals surface area contributed by atoms with Crippen LogP contribution in [0.2, 0.25) is 90.7 Å². The maximum atomic E-state index is 15.4. The Hall–Kier alpha value is -0.796. The Kier molecular flexibility index (Phi) is 24.7. The molecule has 8 heterocycles. The van der Waals surface area contributed by atoms with Crippen LogP contribution in [0.25, 0.3) is 0 Å². The third-order valence-electron chi connectivity index (χ3n) is 23.5. The van der Waals surface area contributed by atoms with Crippen molar-refractivity contribution in [2.24, 2.45) is 11.8 Å². The van der Waals surface area contributed by atoms with E-state index in [0.717, 1.165) is 36.8 Å². The fourth-order valence-corrected chi connectivity index (χ4v) is 18.7. The zero-order chi connectivity index (χ0) is 66.5. The molecule has 8 aliphatic rings. The molecule has 5 saturated heterocycles. The molecule has 0 radical (unpaired) electrons. The summed E-state index contributed by atoms with van der Waals surface area (Å²) >= 11 is 0. The van der Waals surface area contributed by atoms with Gasteiger partial charge in [0.05, 0.1) is 73.8 Å². The number of hydrogen-bond acceptors (Lipinski definition) is 13. The molecule has 4 unspecified atom stereocenters. The van der Waals surface area contributed by atoms with Crippen molar-refractivity contribution in [1.82, 2.24) is 0 Å². The van der Waals surface area contributed by atoms with Crippen LogP contribution in [0.5, 0.6) is 0 Å². The van der Waals surface area contributed by atoms with Gasteiger partial charge in [0.2, 0.25) is 0 Å². The van der Waals surface area contributed by atoms with Crippen molar-refractivity contribution >= 4 is 53.2 Å². The molecule has 17 atom stereocenters. The molecule has 0 saturated carbocycles. The summed E-state index contributed by atoms with van der Waals surface area (Å²) in [7, 11) is -10.4. The third kappa shape index (κ3) is 18.6. The van der Waals surface area contributed by atoms with E-state index in [1.54, 1.807) is 13.2 Å². The summed E-state index contributed by atoms with van der Waals surface area (Å²) in [5.74, 6) is 0.0629. The Labute approximate surface area is 542 Å². The predicted octanol–water partition coefficient (Wildman–Crippen LogP) is 17.2. The van der Waals surface area contributed by atoms with Gasteiger partial charge in [-0.1, -0.05) is 130 Å². The average molecular weight is 1320 g/mol. The monoisotopic (exact) mass is 1320 g/mol. The summed E-state index contributed by atoms with van der Waals surface area (Å²) in [5.41, 5.74) is 2.13. The molecule has 8 rings (SSSR count). The van der Waals surface area contributed by atoms with Crippen molar-refractivity contribution in [3.05, 3.63) is 36.5 Å². The zero-order valence-corrected chi connectivity index (χ0v) is 65.9. The highest BCUT2D eigenvalue weighted by Crippen LogP contribution is 2.50. The Balaban J connectivity index is 1.45. The lowest BCUT2D eigenvalue weighted by Crippen LogP contribution is -2.69. The summed E-state index contributed by atoms with van der Waals surface area (Å²) in [5, 5.41) is -0.482. The number of methoxy groups -OCH3 is 1. The van der Waals surface area contributed by atoms with Crippen molar-refractivity contribution in [2.75, 3.05) is 13.7 Å². The second kappa shape index (κ2) is 28.5. The highest BCUT2D eigenvalue weighted by Gasteiger charge is 2.59. The number of carbonyl (C=O) groups is 2. The standard InChI is InChI=1S/C70H130O13Si5/c1-45-38-51-33-36-55-46(2)39-50(75-55)32-30-48(71)31-35-57(81-86(24,25)68(10,11)12)63-65(83-88(28,29)70(16,17)18)64(82-87(26,27)69(13,14)15)62-56(79-63)37-34-52(77-62)40-49(72)41-54-59(43-58(76-51)47(45)3)78-60(61(54)73-19)42-53(80-85(22,23)67(7,8)9)44-74-84(20,21)66(4,5)6/h31,35,45,50-65H,2-3,30,32-34,36-44H2,1,4-29H3/b35-31+/t45-,50+,51+,52?,53+,54+,55?,56+,57+,58?,59+,60?,61-,62+,63+,64+,65-/m1/s1. The Bertz CT molecular complexity index is 2410. The quantitative estimate of drug-likeness (QED) is 0.121. The normalized spacial score (nSPS) is 34.5. The molecule has 88 heavy (non-hydrogen) atoms. The van der Waals surface area contributed by atoms with Crippen LogP contribution in [-0.4, -0.2) is 158 Å². The summed E-state index contributed by atoms with van der Waals surface area (Å²) in [6, 6.07) is 0. The maximum absolute atomic E-state index is 15.4. The minimum Gasteiger partial charge on any atom is -0.414 e. The molecule has 0 spiro atoms. The first-order valence-corrected chi connectivity index (χ1v) is 48.8. The topological polar surface area (TPSA) is 136 Å². The van der Waals surface area contributed by atoms with Crippen molar-refractivity contribution < 1.29 is 60.1 Å². The van der Waals surface area contributed by atoms with Gasteiger partial charge in [-0.15, -0.1) is 0 Å². The van der Waals surface area contributed by atoms with E-state index in [-0.39, 0.29) is 110 Å². The molecule has 0 aromatic heterocycles. The van der Waals surface area contributed by atoms with Gasteiger partial charge in [0.25, 0.3) is 0 Å². The number of hydrogen-bond donors (Lipinski definition) is 0. The minimum atomic E-state index is -2.60. The van der Waals surface area contributed by atoms with Gasteiger partial charge in [0.15, 0.2) is 47.4 Å². The van der Waals surface area contributed by atoms with Crippen molar-refractivity contribution in [1.29, 1.82) is 0 Å². The van der Waals surface area contributed by atoms with E-state index in [0.29, 0.717) is 45.1 Å². The molecule has 0 amide bonds. The molecule has 18 heteroatoms. The van der Waals surface area contributed by atoms with Crippen LogP contribution in [0.15, 0.2) is 36.5 Å². The maximum Gasteiger partial charge on any atom is 0.193 e. The van der Waals surface area contributed by atoms with Gasteiger partial charge in [-0.3, -0.25) is 9.59 Å². The lowest BCUT2D eigenvalue weighted by molar-refractivity contribution is -0.266. The fourth-order valence-electron chi connectivity index (χ4n) is 12.4. The smallest absolute Gasteiger partial charge is 0.193 e. The molecule has 0 N–H and O–H groups in total. The lowest BCUT2D eigenvalue weighted by Gasteiger charge is -2.56. The number of rotatable bonds is 14. The van der Waals surface area contributed by atoms with Gasteiger partial charge >= 0.3 is 0 Å². The molecule has 0 aromatic rings. The van der Waals surface area contributed by atoms with Gasteiger partial charge in [0.1, 0.15) is 30.2 Å². The summed E-state index contributed by atoms with van der Waals surface area (Å²) in [4.78, 5) is 29.7. The first kappa shape index (κ1) is 76.2. The van der Waals surface area contributed by atoms with E-state index in [9.17, 15) is 4.79 Å². The molecule has 13 nitrogen and oxygen atoms in total. The number of Topliss-reactive ketones (excluding diaryl/α,β-unsaturated/α-hetero) is 1. The Morgan fingerprint density at radius 2 is 1.07 bits per heavy atom. The zero-order valence-electron chi connectivity index (χ0n) is 60.9. The number of allylic oxidation sites excluding steroid dienone is 1. The molecule has 0 aliphatic carbocycles. The Morgan fingerprint density at radius 3 is 1.62 bits per heavy atom. The van der Waals surface area contributed by atoms with Crippen LogP contribution in [0.3, 0.4) is 0 Å². The highest BCUT2D eigenvalue weighted by atomic mass is 28.4. The van der Waals surface area contributed by atoms with Gasteiger partial charge in [-0.25, -0.2) is 0 Å². The fraction of sp³-hybridized carbons (Fsp3) is 0.886. The second-order valence-corrected chi connectivity index (χ2v) is 59.4. The van der Waals surface area contributed by atoms with E-state index in [4.69, 9.17) is 50.6 Å². The molecule has 5 fully saturated rings. The van der Waals surface area contributed by atoms with Gasteiger partial charge < -0.3 is 50.6 Å². The van der Waals surface area contributed by atoms with Crippen LogP contribution in [0.4, 0.5) is 0 Å². The third-order valence-corrected chi connectivity index (χ3v) is 46.0. The SMILES string of the molecule is C=C1C[C@@H]2CCC(=O)/C=C/[C@H](O[Si](C)(C)C(C)(C)C)[C@@H]3O[C@H]4CCC(CC(=O)C[C@H]5[C@H](CC6O[C@@H](CCC1O2)C[C@@H](C)C6=C)OC(C[C@@H](CO[Si](C)(C)C(C)(C)C)O[Si](C)(C)C(C)(C)C)[C@@H]5OC)O[C@@H]4[C@H](O[Si](C)(C)C(C)(C)C)[C@@H]3O[Si](C)(C)C(C)(C)C. The molecular weight excluding hydrogens is 1190 g/mol. The second-order valence-electron chi connectivity index (χ2n) is 35.5. The van der Waals surface area contributed by atoms with E-state index >= 15 is 4.79 Å².